The van der Waals surface area contributed by atoms with Gasteiger partial charge in [-0.3, -0.25) is 4.79 Å². The van der Waals surface area contributed by atoms with Crippen molar-refractivity contribution in [2.75, 3.05) is 25.9 Å². The molecule has 1 aliphatic heterocycles. The molecule has 6 nitrogen and oxygen atoms in total. The summed E-state index contributed by atoms with van der Waals surface area (Å²) in [4.78, 5) is 12.0. The molecule has 0 spiro atoms. The van der Waals surface area contributed by atoms with E-state index in [0.29, 0.717) is 18.9 Å². The number of piperidine rings is 1. The molecule has 1 heterocycles. The van der Waals surface area contributed by atoms with Crippen LogP contribution in [0.15, 0.2) is 0 Å². The van der Waals surface area contributed by atoms with E-state index in [-0.39, 0.29) is 17.9 Å². The lowest BCUT2D eigenvalue weighted by Gasteiger charge is -2.23. The van der Waals surface area contributed by atoms with Crippen molar-refractivity contribution in [2.45, 2.75) is 51.0 Å². The number of carbonyl (C=O) groups is 1. The molecule has 0 aromatic carbocycles. The summed E-state index contributed by atoms with van der Waals surface area (Å²) in [5.74, 6) is 0.985. The van der Waals surface area contributed by atoms with Crippen LogP contribution < -0.4 is 15.4 Å². The highest BCUT2D eigenvalue weighted by molar-refractivity contribution is 7.88. The third-order valence-electron chi connectivity index (χ3n) is 4.82. The van der Waals surface area contributed by atoms with Gasteiger partial charge in [-0.2, -0.15) is 0 Å². The van der Waals surface area contributed by atoms with Gasteiger partial charge in [0.15, 0.2) is 0 Å². The minimum atomic E-state index is -3.17. The van der Waals surface area contributed by atoms with Crippen molar-refractivity contribution in [3.05, 3.63) is 0 Å². The topological polar surface area (TPSA) is 87.3 Å². The highest BCUT2D eigenvalue weighted by Gasteiger charge is 2.29. The summed E-state index contributed by atoms with van der Waals surface area (Å²) in [5, 5.41) is 6.32. The van der Waals surface area contributed by atoms with E-state index in [1.54, 1.807) is 0 Å². The van der Waals surface area contributed by atoms with Crippen molar-refractivity contribution in [1.82, 2.24) is 15.4 Å². The van der Waals surface area contributed by atoms with Crippen LogP contribution in [0.5, 0.6) is 0 Å². The van der Waals surface area contributed by atoms with Crippen molar-refractivity contribution in [2.24, 2.45) is 11.8 Å². The highest BCUT2D eigenvalue weighted by Crippen LogP contribution is 2.25. The summed E-state index contributed by atoms with van der Waals surface area (Å²) in [6.07, 6.45) is 7.92. The third-order valence-corrected chi connectivity index (χ3v) is 5.56. The van der Waals surface area contributed by atoms with Gasteiger partial charge in [0.1, 0.15) is 0 Å². The van der Waals surface area contributed by atoms with Gasteiger partial charge in [-0.25, -0.2) is 13.1 Å². The van der Waals surface area contributed by atoms with E-state index in [0.717, 1.165) is 51.6 Å². The first-order valence-corrected chi connectivity index (χ1v) is 10.3. The predicted molar refractivity (Wildman–Crippen MR) is 86.9 cm³/mol. The Morgan fingerprint density at radius 3 is 2.59 bits per heavy atom. The minimum absolute atomic E-state index is 0.0280. The first-order chi connectivity index (χ1) is 10.4. The van der Waals surface area contributed by atoms with Crippen LogP contribution in [0.2, 0.25) is 0 Å². The van der Waals surface area contributed by atoms with E-state index < -0.39 is 10.0 Å². The quantitative estimate of drug-likeness (QED) is 0.637. The normalized spacial score (nSPS) is 27.0. The van der Waals surface area contributed by atoms with Crippen molar-refractivity contribution in [3.8, 4) is 0 Å². The van der Waals surface area contributed by atoms with E-state index in [9.17, 15) is 13.2 Å². The fraction of sp³-hybridized carbons (Fsp3) is 0.933. The molecular formula is C15H29N3O3S. The predicted octanol–water partition coefficient (Wildman–Crippen LogP) is 0.600. The van der Waals surface area contributed by atoms with Crippen LogP contribution in [0.25, 0.3) is 0 Å². The summed E-state index contributed by atoms with van der Waals surface area (Å²) >= 11 is 0. The molecule has 0 radical (unpaired) electrons. The van der Waals surface area contributed by atoms with E-state index in [2.05, 4.69) is 15.4 Å². The zero-order valence-corrected chi connectivity index (χ0v) is 14.3. The SMILES string of the molecule is CS(=O)(=O)NC1CCCC1CNC(=O)CCC1CCNCC1. The number of amides is 1. The lowest BCUT2D eigenvalue weighted by Crippen LogP contribution is -2.41. The molecule has 7 heteroatoms. The fourth-order valence-corrected chi connectivity index (χ4v) is 4.41. The smallest absolute Gasteiger partial charge is 0.220 e. The van der Waals surface area contributed by atoms with Crippen LogP contribution in [0, 0.1) is 11.8 Å². The molecule has 3 N–H and O–H groups in total. The Labute approximate surface area is 133 Å². The summed E-state index contributed by atoms with van der Waals surface area (Å²) < 4.78 is 25.4. The molecule has 2 fully saturated rings. The average Bonchev–Trinajstić information content (AvgIpc) is 2.89. The number of nitrogens with one attached hydrogen (secondary N) is 3. The van der Waals surface area contributed by atoms with Gasteiger partial charge in [0.05, 0.1) is 6.26 Å². The first-order valence-electron chi connectivity index (χ1n) is 8.39. The van der Waals surface area contributed by atoms with Crippen LogP contribution in [0.4, 0.5) is 0 Å². The zero-order chi connectivity index (χ0) is 16.0. The molecule has 0 bridgehead atoms. The van der Waals surface area contributed by atoms with Gasteiger partial charge in [0, 0.05) is 19.0 Å². The van der Waals surface area contributed by atoms with Crippen LogP contribution in [0.1, 0.15) is 44.9 Å². The third kappa shape index (κ3) is 6.22. The van der Waals surface area contributed by atoms with Gasteiger partial charge >= 0.3 is 0 Å². The number of hydrogen-bond donors (Lipinski definition) is 3. The van der Waals surface area contributed by atoms with Crippen LogP contribution in [-0.2, 0) is 14.8 Å². The number of hydrogen-bond acceptors (Lipinski definition) is 4. The van der Waals surface area contributed by atoms with E-state index in [1.807, 2.05) is 0 Å². The molecule has 2 atom stereocenters. The lowest BCUT2D eigenvalue weighted by atomic mass is 9.93. The van der Waals surface area contributed by atoms with Gasteiger partial charge in [0.2, 0.25) is 15.9 Å². The Bertz CT molecular complexity index is 461. The van der Waals surface area contributed by atoms with Gasteiger partial charge in [-0.1, -0.05) is 6.42 Å². The number of carbonyl (C=O) groups excluding carboxylic acids is 1. The molecule has 2 aliphatic rings. The van der Waals surface area contributed by atoms with Crippen LogP contribution >= 0.6 is 0 Å². The van der Waals surface area contributed by atoms with Crippen molar-refractivity contribution in [1.29, 1.82) is 0 Å². The monoisotopic (exact) mass is 331 g/mol. The fourth-order valence-electron chi connectivity index (χ4n) is 3.55. The molecule has 128 valence electrons. The maximum absolute atomic E-state index is 12.0. The van der Waals surface area contributed by atoms with Gasteiger partial charge in [-0.05, 0) is 57.0 Å². The number of rotatable bonds is 7. The Balaban J connectivity index is 1.66. The Hall–Kier alpha value is -0.660. The minimum Gasteiger partial charge on any atom is -0.356 e. The summed E-state index contributed by atoms with van der Waals surface area (Å²) in [7, 11) is -3.17. The maximum atomic E-state index is 12.0. The second kappa shape index (κ2) is 8.26. The second-order valence-electron chi connectivity index (χ2n) is 6.72. The molecule has 1 saturated heterocycles. The zero-order valence-electron chi connectivity index (χ0n) is 13.4. The number of sulfonamides is 1. The summed E-state index contributed by atoms with van der Waals surface area (Å²) in [6, 6.07) is -0.0280. The average molecular weight is 331 g/mol. The first kappa shape index (κ1) is 17.7. The largest absolute Gasteiger partial charge is 0.356 e. The van der Waals surface area contributed by atoms with Gasteiger partial charge in [0.25, 0.3) is 0 Å². The standard InChI is InChI=1S/C15H29N3O3S/c1-22(20,21)18-14-4-2-3-13(14)11-17-15(19)6-5-12-7-9-16-10-8-12/h12-14,16,18H,2-11H2,1H3,(H,17,19). The Kier molecular flexibility index (Phi) is 6.65. The molecular weight excluding hydrogens is 302 g/mol. The maximum Gasteiger partial charge on any atom is 0.220 e. The summed E-state index contributed by atoms with van der Waals surface area (Å²) in [6.45, 7) is 2.71. The van der Waals surface area contributed by atoms with E-state index >= 15 is 0 Å². The highest BCUT2D eigenvalue weighted by atomic mass is 32.2. The van der Waals surface area contributed by atoms with E-state index in [4.69, 9.17) is 0 Å². The summed E-state index contributed by atoms with van der Waals surface area (Å²) in [5.41, 5.74) is 0. The van der Waals surface area contributed by atoms with Gasteiger partial charge in [-0.15, -0.1) is 0 Å². The molecule has 1 saturated carbocycles. The molecule has 1 aliphatic carbocycles. The van der Waals surface area contributed by atoms with Crippen molar-refractivity contribution in [3.63, 3.8) is 0 Å². The van der Waals surface area contributed by atoms with Crippen molar-refractivity contribution >= 4 is 15.9 Å². The van der Waals surface area contributed by atoms with Crippen LogP contribution in [0.3, 0.4) is 0 Å². The molecule has 0 aromatic rings. The lowest BCUT2D eigenvalue weighted by molar-refractivity contribution is -0.121. The van der Waals surface area contributed by atoms with Gasteiger partial charge < -0.3 is 10.6 Å². The molecule has 2 rings (SSSR count). The molecule has 2 unspecified atom stereocenters. The second-order valence-corrected chi connectivity index (χ2v) is 8.50. The molecule has 1 amide bonds. The van der Waals surface area contributed by atoms with Crippen LogP contribution in [-0.4, -0.2) is 46.3 Å². The Morgan fingerprint density at radius 1 is 1.18 bits per heavy atom. The molecule has 0 aromatic heterocycles. The molecule has 22 heavy (non-hydrogen) atoms. The van der Waals surface area contributed by atoms with Crippen molar-refractivity contribution < 1.29 is 13.2 Å². The Morgan fingerprint density at radius 2 is 1.91 bits per heavy atom. The van der Waals surface area contributed by atoms with E-state index in [1.165, 1.54) is 6.26 Å².